The van der Waals surface area contributed by atoms with E-state index in [1.807, 2.05) is 13.8 Å². The standard InChI is InChI=1S/C20H31NO3/c1-8-9-10-11-21(7)16(22)12-20(5,6)17-15(4)18(23)13(2)14(3)19(17)24/h8-12H2,1-7H3. The first-order valence-corrected chi connectivity index (χ1v) is 8.76. The molecule has 1 amide bonds. The van der Waals surface area contributed by atoms with Crippen molar-refractivity contribution in [2.24, 2.45) is 5.41 Å². The molecule has 1 aliphatic carbocycles. The van der Waals surface area contributed by atoms with Crippen LogP contribution < -0.4 is 0 Å². The van der Waals surface area contributed by atoms with Crippen molar-refractivity contribution >= 4 is 17.5 Å². The maximum absolute atomic E-state index is 12.7. The van der Waals surface area contributed by atoms with Gasteiger partial charge >= 0.3 is 0 Å². The third kappa shape index (κ3) is 4.22. The molecule has 0 aromatic carbocycles. The Balaban J connectivity index is 2.97. The second kappa shape index (κ2) is 7.91. The van der Waals surface area contributed by atoms with Crippen molar-refractivity contribution in [3.8, 4) is 0 Å². The summed E-state index contributed by atoms with van der Waals surface area (Å²) in [6.07, 6.45) is 3.43. The van der Waals surface area contributed by atoms with Crippen molar-refractivity contribution < 1.29 is 14.4 Å². The maximum Gasteiger partial charge on any atom is 0.223 e. The molecule has 0 aliphatic heterocycles. The van der Waals surface area contributed by atoms with Crippen LogP contribution in [0.1, 0.15) is 67.2 Å². The van der Waals surface area contributed by atoms with Gasteiger partial charge in [-0.1, -0.05) is 33.6 Å². The van der Waals surface area contributed by atoms with Crippen molar-refractivity contribution in [3.63, 3.8) is 0 Å². The van der Waals surface area contributed by atoms with Gasteiger partial charge in [-0.05, 0) is 27.2 Å². The zero-order valence-electron chi connectivity index (χ0n) is 16.2. The molecule has 4 nitrogen and oxygen atoms in total. The Hall–Kier alpha value is -1.71. The Bertz CT molecular complexity index is 608. The highest BCUT2D eigenvalue weighted by Crippen LogP contribution is 2.39. The SMILES string of the molecule is CCCCCN(C)C(=O)CC(C)(C)C1=C(C)C(=O)C(C)=C(C)C1=O. The molecule has 0 unspecified atom stereocenters. The highest BCUT2D eigenvalue weighted by Gasteiger charge is 2.38. The summed E-state index contributed by atoms with van der Waals surface area (Å²) in [5.74, 6) is -0.171. The van der Waals surface area contributed by atoms with Crippen LogP contribution in [0.25, 0.3) is 0 Å². The zero-order chi connectivity index (χ0) is 18.7. The van der Waals surface area contributed by atoms with Gasteiger partial charge in [0.05, 0.1) is 0 Å². The van der Waals surface area contributed by atoms with E-state index in [-0.39, 0.29) is 23.9 Å². The number of allylic oxidation sites excluding steroid dienone is 4. The molecule has 24 heavy (non-hydrogen) atoms. The number of nitrogens with zero attached hydrogens (tertiary/aromatic N) is 1. The van der Waals surface area contributed by atoms with Crippen LogP contribution in [-0.4, -0.2) is 36.0 Å². The normalized spacial score (nSPS) is 16.1. The third-order valence-corrected chi connectivity index (χ3v) is 4.98. The number of hydrogen-bond donors (Lipinski definition) is 0. The van der Waals surface area contributed by atoms with Crippen LogP contribution in [0.15, 0.2) is 22.3 Å². The van der Waals surface area contributed by atoms with E-state index in [1.165, 1.54) is 0 Å². The molecule has 0 radical (unpaired) electrons. The molecule has 0 saturated carbocycles. The highest BCUT2D eigenvalue weighted by molar-refractivity contribution is 6.25. The lowest BCUT2D eigenvalue weighted by atomic mass is 9.71. The molecule has 134 valence electrons. The van der Waals surface area contributed by atoms with E-state index in [0.29, 0.717) is 22.3 Å². The number of carbonyl (C=O) groups is 3. The molecular formula is C20H31NO3. The summed E-state index contributed by atoms with van der Waals surface area (Å²) in [4.78, 5) is 39.3. The topological polar surface area (TPSA) is 54.5 Å². The predicted molar refractivity (Wildman–Crippen MR) is 96.6 cm³/mol. The fraction of sp³-hybridized carbons (Fsp3) is 0.650. The van der Waals surface area contributed by atoms with Gasteiger partial charge in [0.25, 0.3) is 0 Å². The Morgan fingerprint density at radius 2 is 1.50 bits per heavy atom. The third-order valence-electron chi connectivity index (χ3n) is 4.98. The van der Waals surface area contributed by atoms with E-state index in [0.717, 1.165) is 25.8 Å². The summed E-state index contributed by atoms with van der Waals surface area (Å²) in [6.45, 7) is 11.7. The quantitative estimate of drug-likeness (QED) is 0.525. The maximum atomic E-state index is 12.7. The van der Waals surface area contributed by atoms with E-state index < -0.39 is 5.41 Å². The lowest BCUT2D eigenvalue weighted by Gasteiger charge is -2.32. The summed E-state index contributed by atoms with van der Waals surface area (Å²) in [5.41, 5.74) is 1.33. The van der Waals surface area contributed by atoms with Crippen LogP contribution in [0.5, 0.6) is 0 Å². The monoisotopic (exact) mass is 333 g/mol. The molecule has 0 spiro atoms. The molecule has 0 saturated heterocycles. The van der Waals surface area contributed by atoms with Crippen molar-refractivity contribution in [1.82, 2.24) is 4.90 Å². The van der Waals surface area contributed by atoms with Gasteiger partial charge in [-0.25, -0.2) is 0 Å². The van der Waals surface area contributed by atoms with Gasteiger partial charge in [0.2, 0.25) is 5.91 Å². The molecule has 0 heterocycles. The van der Waals surface area contributed by atoms with Crippen LogP contribution in [0.4, 0.5) is 0 Å². The van der Waals surface area contributed by atoms with E-state index in [4.69, 9.17) is 0 Å². The van der Waals surface area contributed by atoms with Gasteiger partial charge < -0.3 is 4.90 Å². The van der Waals surface area contributed by atoms with Gasteiger partial charge in [0.15, 0.2) is 11.6 Å². The molecule has 1 rings (SSSR count). The summed E-state index contributed by atoms with van der Waals surface area (Å²) in [7, 11) is 1.80. The van der Waals surface area contributed by atoms with Gasteiger partial charge in [0, 0.05) is 47.7 Å². The minimum Gasteiger partial charge on any atom is -0.346 e. The lowest BCUT2D eigenvalue weighted by molar-refractivity contribution is -0.131. The number of amides is 1. The molecule has 0 aromatic heterocycles. The van der Waals surface area contributed by atoms with Gasteiger partial charge in [-0.15, -0.1) is 0 Å². The minimum absolute atomic E-state index is 0.0144. The van der Waals surface area contributed by atoms with Gasteiger partial charge in [0.1, 0.15) is 0 Å². The molecule has 0 atom stereocenters. The zero-order valence-corrected chi connectivity index (χ0v) is 16.2. The fourth-order valence-electron chi connectivity index (χ4n) is 3.23. The Morgan fingerprint density at radius 3 is 2.04 bits per heavy atom. The molecule has 0 fully saturated rings. The number of ketones is 2. The Labute approximate surface area is 146 Å². The number of unbranched alkanes of at least 4 members (excludes halogenated alkanes) is 2. The van der Waals surface area contributed by atoms with Crippen molar-refractivity contribution in [2.45, 2.75) is 67.2 Å². The van der Waals surface area contributed by atoms with Crippen LogP contribution in [0.2, 0.25) is 0 Å². The largest absolute Gasteiger partial charge is 0.346 e. The summed E-state index contributed by atoms with van der Waals surface area (Å²) in [6, 6.07) is 0. The van der Waals surface area contributed by atoms with Gasteiger partial charge in [-0.3, -0.25) is 14.4 Å². The van der Waals surface area contributed by atoms with Crippen molar-refractivity contribution in [3.05, 3.63) is 22.3 Å². The first kappa shape index (κ1) is 20.3. The van der Waals surface area contributed by atoms with Crippen LogP contribution in [0.3, 0.4) is 0 Å². The first-order valence-electron chi connectivity index (χ1n) is 8.76. The molecule has 0 aromatic rings. The van der Waals surface area contributed by atoms with Crippen molar-refractivity contribution in [1.29, 1.82) is 0 Å². The molecule has 0 N–H and O–H groups in total. The van der Waals surface area contributed by atoms with Crippen LogP contribution in [0, 0.1) is 5.41 Å². The van der Waals surface area contributed by atoms with E-state index in [9.17, 15) is 14.4 Å². The lowest BCUT2D eigenvalue weighted by Crippen LogP contribution is -2.36. The summed E-state index contributed by atoms with van der Waals surface area (Å²) < 4.78 is 0. The average Bonchev–Trinajstić information content (AvgIpc) is 2.50. The Kier molecular flexibility index (Phi) is 6.70. The van der Waals surface area contributed by atoms with E-state index in [1.54, 1.807) is 32.7 Å². The number of hydrogen-bond acceptors (Lipinski definition) is 3. The number of Topliss-reactive ketones (excluding diaryl/α,β-unsaturated/α-hetero) is 2. The average molecular weight is 333 g/mol. The Morgan fingerprint density at radius 1 is 0.958 bits per heavy atom. The fourth-order valence-corrected chi connectivity index (χ4v) is 3.23. The van der Waals surface area contributed by atoms with Crippen LogP contribution in [-0.2, 0) is 14.4 Å². The molecule has 4 heteroatoms. The smallest absolute Gasteiger partial charge is 0.223 e. The summed E-state index contributed by atoms with van der Waals surface area (Å²) >= 11 is 0. The van der Waals surface area contributed by atoms with Crippen molar-refractivity contribution in [2.75, 3.05) is 13.6 Å². The number of carbonyl (C=O) groups excluding carboxylic acids is 3. The first-order chi connectivity index (χ1) is 11.0. The predicted octanol–water partition coefficient (Wildman–Crippen LogP) is 3.86. The molecular weight excluding hydrogens is 302 g/mol. The van der Waals surface area contributed by atoms with E-state index >= 15 is 0 Å². The van der Waals surface area contributed by atoms with Crippen LogP contribution >= 0.6 is 0 Å². The number of rotatable bonds is 7. The van der Waals surface area contributed by atoms with Gasteiger partial charge in [-0.2, -0.15) is 0 Å². The second-order valence-electron chi connectivity index (χ2n) is 7.49. The minimum atomic E-state index is -0.658. The summed E-state index contributed by atoms with van der Waals surface area (Å²) in [5, 5.41) is 0. The highest BCUT2D eigenvalue weighted by atomic mass is 16.2. The molecule has 1 aliphatic rings. The van der Waals surface area contributed by atoms with E-state index in [2.05, 4.69) is 6.92 Å². The molecule has 0 bridgehead atoms. The second-order valence-corrected chi connectivity index (χ2v) is 7.49.